The van der Waals surface area contributed by atoms with Gasteiger partial charge in [-0.25, -0.2) is 4.98 Å². The van der Waals surface area contributed by atoms with Crippen LogP contribution in [0.15, 0.2) is 6.20 Å². The maximum Gasteiger partial charge on any atom is 0.265 e. The molecule has 3 unspecified atom stereocenters. The van der Waals surface area contributed by atoms with E-state index in [-0.39, 0.29) is 24.0 Å². The minimum atomic E-state index is -0.270. The second-order valence-corrected chi connectivity index (χ2v) is 7.42. The lowest BCUT2D eigenvalue weighted by atomic mass is 9.86. The summed E-state index contributed by atoms with van der Waals surface area (Å²) in [5.74, 6) is 0.202. The molecule has 1 saturated heterocycles. The van der Waals surface area contributed by atoms with Crippen molar-refractivity contribution in [2.45, 2.75) is 50.7 Å². The zero-order valence-electron chi connectivity index (χ0n) is 13.0. The summed E-state index contributed by atoms with van der Waals surface area (Å²) in [7, 11) is 1.81. The van der Waals surface area contributed by atoms with Crippen molar-refractivity contribution in [2.24, 2.45) is 5.92 Å². The van der Waals surface area contributed by atoms with E-state index >= 15 is 0 Å². The van der Waals surface area contributed by atoms with Gasteiger partial charge in [-0.1, -0.05) is 12.8 Å². The number of nitrogens with zero attached hydrogens (tertiary/aromatic N) is 2. The molecule has 0 bridgehead atoms. The zero-order chi connectivity index (χ0) is 15.5. The van der Waals surface area contributed by atoms with Crippen LogP contribution in [0.2, 0.25) is 0 Å². The van der Waals surface area contributed by atoms with Crippen molar-refractivity contribution in [3.8, 4) is 0 Å². The van der Waals surface area contributed by atoms with Gasteiger partial charge in [0.2, 0.25) is 0 Å². The maximum absolute atomic E-state index is 12.5. The molecule has 122 valence electrons. The molecule has 0 spiro atoms. The number of aromatic nitrogens is 1. The van der Waals surface area contributed by atoms with Crippen LogP contribution in [-0.4, -0.2) is 47.2 Å². The monoisotopic (exact) mass is 324 g/mol. The Labute approximate surface area is 135 Å². The molecule has 1 aromatic rings. The van der Waals surface area contributed by atoms with Gasteiger partial charge in [0.15, 0.2) is 0 Å². The molecule has 1 N–H and O–H groups in total. The van der Waals surface area contributed by atoms with Crippen LogP contribution < -0.4 is 0 Å². The third kappa shape index (κ3) is 3.50. The molecule has 1 aromatic heterocycles. The van der Waals surface area contributed by atoms with E-state index in [1.165, 1.54) is 11.3 Å². The third-order valence-electron chi connectivity index (χ3n) is 4.66. The normalized spacial score (nSPS) is 28.7. The highest BCUT2D eigenvalue weighted by atomic mass is 32.1. The van der Waals surface area contributed by atoms with Gasteiger partial charge in [0.25, 0.3) is 5.91 Å². The summed E-state index contributed by atoms with van der Waals surface area (Å²) >= 11 is 1.44. The molecule has 3 rings (SSSR count). The number of carbonyl (C=O) groups is 1. The highest BCUT2D eigenvalue weighted by Gasteiger charge is 2.27. The van der Waals surface area contributed by atoms with Crippen LogP contribution in [0.5, 0.6) is 0 Å². The van der Waals surface area contributed by atoms with E-state index in [2.05, 4.69) is 4.98 Å². The van der Waals surface area contributed by atoms with Gasteiger partial charge >= 0.3 is 0 Å². The molecule has 6 heteroatoms. The second-order valence-electron chi connectivity index (χ2n) is 6.36. The summed E-state index contributed by atoms with van der Waals surface area (Å²) in [6.07, 6.45) is 7.61. The number of thiazole rings is 1. The first-order valence-corrected chi connectivity index (χ1v) is 8.97. The van der Waals surface area contributed by atoms with Gasteiger partial charge in [-0.05, 0) is 25.7 Å². The van der Waals surface area contributed by atoms with Crippen LogP contribution in [0.25, 0.3) is 0 Å². The van der Waals surface area contributed by atoms with Gasteiger partial charge in [-0.3, -0.25) is 4.79 Å². The largest absolute Gasteiger partial charge is 0.393 e. The third-order valence-corrected chi connectivity index (χ3v) is 5.74. The lowest BCUT2D eigenvalue weighted by Gasteiger charge is -2.31. The predicted octanol–water partition coefficient (Wildman–Crippen LogP) is 2.62. The number of aliphatic hydroxyl groups is 1. The van der Waals surface area contributed by atoms with E-state index in [0.717, 1.165) is 50.1 Å². The van der Waals surface area contributed by atoms with Gasteiger partial charge in [0.1, 0.15) is 16.0 Å². The Hall–Kier alpha value is -0.980. The van der Waals surface area contributed by atoms with Crippen LogP contribution in [0.1, 0.15) is 59.3 Å². The SMILES string of the molecule is CN(CC1CCCCC1O)C(=O)c1cnc(C2CCCO2)s1. The lowest BCUT2D eigenvalue weighted by Crippen LogP contribution is -2.37. The van der Waals surface area contributed by atoms with E-state index < -0.39 is 0 Å². The van der Waals surface area contributed by atoms with Crippen LogP contribution in [0.4, 0.5) is 0 Å². The Balaban J connectivity index is 1.60. The highest BCUT2D eigenvalue weighted by Crippen LogP contribution is 2.32. The van der Waals surface area contributed by atoms with Gasteiger partial charge in [0, 0.05) is 26.1 Å². The van der Waals surface area contributed by atoms with Crippen molar-refractivity contribution in [3.63, 3.8) is 0 Å². The first-order chi connectivity index (χ1) is 10.6. The Morgan fingerprint density at radius 1 is 1.41 bits per heavy atom. The maximum atomic E-state index is 12.5. The lowest BCUT2D eigenvalue weighted by molar-refractivity contribution is 0.0453. The summed E-state index contributed by atoms with van der Waals surface area (Å²) in [6.45, 7) is 1.40. The van der Waals surface area contributed by atoms with Crippen molar-refractivity contribution >= 4 is 17.2 Å². The Kier molecular flexibility index (Phi) is 5.10. The van der Waals surface area contributed by atoms with E-state index in [1.807, 2.05) is 7.05 Å². The number of amides is 1. The van der Waals surface area contributed by atoms with E-state index in [1.54, 1.807) is 11.1 Å². The number of ether oxygens (including phenoxy) is 1. The summed E-state index contributed by atoms with van der Waals surface area (Å²) in [6, 6.07) is 0. The molecule has 0 radical (unpaired) electrons. The summed E-state index contributed by atoms with van der Waals surface area (Å²) < 4.78 is 5.62. The van der Waals surface area contributed by atoms with Gasteiger partial charge in [0.05, 0.1) is 12.3 Å². The summed E-state index contributed by atoms with van der Waals surface area (Å²) in [5, 5.41) is 11.0. The van der Waals surface area contributed by atoms with Crippen molar-refractivity contribution in [1.82, 2.24) is 9.88 Å². The molecular weight excluding hydrogens is 300 g/mol. The van der Waals surface area contributed by atoms with Crippen molar-refractivity contribution in [3.05, 3.63) is 16.1 Å². The Bertz CT molecular complexity index is 513. The molecule has 1 saturated carbocycles. The van der Waals surface area contributed by atoms with E-state index in [4.69, 9.17) is 4.74 Å². The van der Waals surface area contributed by atoms with Crippen molar-refractivity contribution in [1.29, 1.82) is 0 Å². The fourth-order valence-corrected chi connectivity index (χ4v) is 4.33. The van der Waals surface area contributed by atoms with Gasteiger partial charge < -0.3 is 14.7 Å². The fraction of sp³-hybridized carbons (Fsp3) is 0.750. The number of hydrogen-bond acceptors (Lipinski definition) is 5. The number of carbonyl (C=O) groups excluding carboxylic acids is 1. The van der Waals surface area contributed by atoms with Crippen LogP contribution in [-0.2, 0) is 4.74 Å². The predicted molar refractivity (Wildman–Crippen MR) is 85.0 cm³/mol. The smallest absolute Gasteiger partial charge is 0.265 e. The van der Waals surface area contributed by atoms with Crippen molar-refractivity contribution in [2.75, 3.05) is 20.2 Å². The molecule has 0 aromatic carbocycles. The number of hydrogen-bond donors (Lipinski definition) is 1. The standard InChI is InChI=1S/C16H24N2O3S/c1-18(10-11-5-2-3-6-12(11)19)16(20)14-9-17-15(22-14)13-7-4-8-21-13/h9,11-13,19H,2-8,10H2,1H3. The average Bonchev–Trinajstić information content (AvgIpc) is 3.19. The first kappa shape index (κ1) is 15.9. The molecule has 1 aliphatic carbocycles. The molecule has 5 nitrogen and oxygen atoms in total. The van der Waals surface area contributed by atoms with E-state index in [0.29, 0.717) is 11.4 Å². The Morgan fingerprint density at radius 3 is 2.95 bits per heavy atom. The molecular formula is C16H24N2O3S. The summed E-state index contributed by atoms with van der Waals surface area (Å²) in [5.41, 5.74) is 0. The highest BCUT2D eigenvalue weighted by molar-refractivity contribution is 7.13. The molecule has 1 amide bonds. The second kappa shape index (κ2) is 7.06. The topological polar surface area (TPSA) is 62.7 Å². The van der Waals surface area contributed by atoms with Crippen LogP contribution >= 0.6 is 11.3 Å². The molecule has 2 aliphatic rings. The minimum Gasteiger partial charge on any atom is -0.393 e. The average molecular weight is 324 g/mol. The van der Waals surface area contributed by atoms with Crippen LogP contribution in [0.3, 0.4) is 0 Å². The molecule has 2 fully saturated rings. The molecule has 1 aliphatic heterocycles. The Morgan fingerprint density at radius 2 is 2.23 bits per heavy atom. The number of aliphatic hydroxyl groups excluding tert-OH is 1. The first-order valence-electron chi connectivity index (χ1n) is 8.16. The number of rotatable bonds is 4. The van der Waals surface area contributed by atoms with Gasteiger partial charge in [-0.15, -0.1) is 11.3 Å². The zero-order valence-corrected chi connectivity index (χ0v) is 13.8. The summed E-state index contributed by atoms with van der Waals surface area (Å²) in [4.78, 5) is 19.3. The van der Waals surface area contributed by atoms with E-state index in [9.17, 15) is 9.90 Å². The molecule has 2 heterocycles. The van der Waals surface area contributed by atoms with Gasteiger partial charge in [-0.2, -0.15) is 0 Å². The van der Waals surface area contributed by atoms with Crippen LogP contribution in [0, 0.1) is 5.92 Å². The van der Waals surface area contributed by atoms with Crippen molar-refractivity contribution < 1.29 is 14.6 Å². The molecule has 22 heavy (non-hydrogen) atoms. The molecule has 3 atom stereocenters. The quantitative estimate of drug-likeness (QED) is 0.925. The minimum absolute atomic E-state index is 0.000444. The fourth-order valence-electron chi connectivity index (χ4n) is 3.33.